The number of thiophene rings is 1. The van der Waals surface area contributed by atoms with Crippen molar-refractivity contribution < 1.29 is 4.74 Å². The van der Waals surface area contributed by atoms with Crippen molar-refractivity contribution in [2.45, 2.75) is 58.2 Å². The molecule has 0 bridgehead atoms. The number of ether oxygens (including phenoxy) is 1. The van der Waals surface area contributed by atoms with Gasteiger partial charge in [0.05, 0.1) is 18.7 Å². The Hall–Kier alpha value is -0.380. The van der Waals surface area contributed by atoms with E-state index in [1.54, 1.807) is 0 Å². The maximum atomic E-state index is 5.95. The van der Waals surface area contributed by atoms with Gasteiger partial charge in [0.2, 0.25) is 0 Å². The van der Waals surface area contributed by atoms with Crippen LogP contribution in [0.4, 0.5) is 0 Å². The molecule has 2 N–H and O–H groups in total. The SMILES string of the molecule is CCNC(=NCC(c1cccs1)N1CCCC1)NC1C2CCOC2C1(C)C.I. The summed E-state index contributed by atoms with van der Waals surface area (Å²) in [5, 5.41) is 9.41. The van der Waals surface area contributed by atoms with Crippen LogP contribution in [0.5, 0.6) is 0 Å². The number of nitrogens with one attached hydrogen (secondary N) is 2. The molecule has 2 saturated heterocycles. The Morgan fingerprint density at radius 3 is 2.86 bits per heavy atom. The Morgan fingerprint density at radius 1 is 1.39 bits per heavy atom. The number of nitrogens with zero attached hydrogens (tertiary/aromatic N) is 2. The highest BCUT2D eigenvalue weighted by Gasteiger charge is 2.59. The molecule has 1 aromatic rings. The van der Waals surface area contributed by atoms with Crippen molar-refractivity contribution in [1.29, 1.82) is 0 Å². The van der Waals surface area contributed by atoms with Crippen molar-refractivity contribution in [2.24, 2.45) is 16.3 Å². The van der Waals surface area contributed by atoms with Crippen LogP contribution >= 0.6 is 35.3 Å². The van der Waals surface area contributed by atoms with E-state index >= 15 is 0 Å². The highest BCUT2D eigenvalue weighted by atomic mass is 127. The molecule has 1 aromatic heterocycles. The summed E-state index contributed by atoms with van der Waals surface area (Å²) in [4.78, 5) is 9.07. The molecule has 4 atom stereocenters. The Bertz CT molecular complexity index is 645. The smallest absolute Gasteiger partial charge is 0.191 e. The fraction of sp³-hybridized carbons (Fsp3) is 0.762. The number of halogens is 1. The Morgan fingerprint density at radius 2 is 2.18 bits per heavy atom. The van der Waals surface area contributed by atoms with Crippen LogP contribution in [-0.2, 0) is 4.74 Å². The van der Waals surface area contributed by atoms with Crippen LogP contribution in [0, 0.1) is 11.3 Å². The lowest BCUT2D eigenvalue weighted by Crippen LogP contribution is -2.68. The molecule has 0 radical (unpaired) electrons. The van der Waals surface area contributed by atoms with E-state index in [0.29, 0.717) is 24.1 Å². The van der Waals surface area contributed by atoms with Crippen molar-refractivity contribution in [3.8, 4) is 0 Å². The van der Waals surface area contributed by atoms with Crippen LogP contribution in [0.1, 0.15) is 51.0 Å². The normalized spacial score (nSPS) is 30.2. The maximum Gasteiger partial charge on any atom is 0.191 e. The third-order valence-electron chi connectivity index (χ3n) is 6.61. The average Bonchev–Trinajstić information content (AvgIpc) is 3.41. The quantitative estimate of drug-likeness (QED) is 0.341. The first-order valence-electron chi connectivity index (χ1n) is 10.5. The number of hydrogen-bond donors (Lipinski definition) is 2. The number of aliphatic imine (C=N–C) groups is 1. The molecular weight excluding hydrogens is 483 g/mol. The molecule has 0 aromatic carbocycles. The van der Waals surface area contributed by atoms with E-state index in [4.69, 9.17) is 9.73 Å². The standard InChI is InChI=1S/C21H34N4OS.HI/c1-4-22-20(24-18-15-9-12-26-19(15)21(18,2)3)23-14-16(17-8-7-13-27-17)25-10-5-6-11-25;/h7-8,13,15-16,18-19H,4-6,9-12,14H2,1-3H3,(H2,22,23,24);1H. The molecule has 158 valence electrons. The molecule has 0 amide bonds. The molecular formula is C21H35IN4OS. The van der Waals surface area contributed by atoms with E-state index in [2.05, 4.69) is 53.8 Å². The lowest BCUT2D eigenvalue weighted by atomic mass is 9.57. The van der Waals surface area contributed by atoms with Crippen molar-refractivity contribution in [1.82, 2.24) is 15.5 Å². The molecule has 2 aliphatic heterocycles. The minimum absolute atomic E-state index is 0. The first-order valence-corrected chi connectivity index (χ1v) is 11.4. The van der Waals surface area contributed by atoms with Gasteiger partial charge in [-0.3, -0.25) is 9.89 Å². The summed E-state index contributed by atoms with van der Waals surface area (Å²) in [6.45, 7) is 11.8. The lowest BCUT2D eigenvalue weighted by Gasteiger charge is -2.55. The predicted octanol–water partition coefficient (Wildman–Crippen LogP) is 3.87. The van der Waals surface area contributed by atoms with E-state index in [1.165, 1.54) is 30.8 Å². The van der Waals surface area contributed by atoms with Gasteiger partial charge >= 0.3 is 0 Å². The summed E-state index contributed by atoms with van der Waals surface area (Å²) in [5.41, 5.74) is 0.166. The second-order valence-electron chi connectivity index (χ2n) is 8.68. The molecule has 28 heavy (non-hydrogen) atoms. The van der Waals surface area contributed by atoms with Crippen LogP contribution in [0.25, 0.3) is 0 Å². The fourth-order valence-electron chi connectivity index (χ4n) is 5.18. The van der Waals surface area contributed by atoms with E-state index in [1.807, 2.05) is 11.3 Å². The number of likely N-dealkylation sites (tertiary alicyclic amines) is 1. The van der Waals surface area contributed by atoms with Gasteiger partial charge in [0.25, 0.3) is 0 Å². The number of fused-ring (bicyclic) bond motifs is 1. The second-order valence-corrected chi connectivity index (χ2v) is 9.66. The average molecular weight is 519 g/mol. The summed E-state index contributed by atoms with van der Waals surface area (Å²) in [5.74, 6) is 1.58. The predicted molar refractivity (Wildman–Crippen MR) is 128 cm³/mol. The zero-order valence-electron chi connectivity index (χ0n) is 17.3. The second kappa shape index (κ2) is 9.62. The Balaban J connectivity index is 0.00000225. The van der Waals surface area contributed by atoms with Crippen LogP contribution in [0.3, 0.4) is 0 Å². The molecule has 3 heterocycles. The van der Waals surface area contributed by atoms with Crippen molar-refractivity contribution in [3.63, 3.8) is 0 Å². The monoisotopic (exact) mass is 518 g/mol. The molecule has 0 spiro atoms. The molecule has 7 heteroatoms. The lowest BCUT2D eigenvalue weighted by molar-refractivity contribution is -0.106. The van der Waals surface area contributed by atoms with Gasteiger partial charge in [0.1, 0.15) is 0 Å². The van der Waals surface area contributed by atoms with Gasteiger partial charge in [-0.15, -0.1) is 35.3 Å². The van der Waals surface area contributed by atoms with Crippen LogP contribution < -0.4 is 10.6 Å². The van der Waals surface area contributed by atoms with Gasteiger partial charge in [-0.25, -0.2) is 0 Å². The van der Waals surface area contributed by atoms with Crippen LogP contribution in [0.15, 0.2) is 22.5 Å². The summed E-state index contributed by atoms with van der Waals surface area (Å²) in [7, 11) is 0. The first-order chi connectivity index (χ1) is 13.1. The van der Waals surface area contributed by atoms with E-state index < -0.39 is 0 Å². The topological polar surface area (TPSA) is 48.9 Å². The van der Waals surface area contributed by atoms with Gasteiger partial charge < -0.3 is 15.4 Å². The number of guanidine groups is 1. The zero-order chi connectivity index (χ0) is 18.9. The van der Waals surface area contributed by atoms with E-state index in [9.17, 15) is 0 Å². The largest absolute Gasteiger partial charge is 0.377 e. The molecule has 4 unspecified atom stereocenters. The van der Waals surface area contributed by atoms with Crippen molar-refractivity contribution in [2.75, 3.05) is 32.8 Å². The molecule has 1 aliphatic carbocycles. The fourth-order valence-corrected chi connectivity index (χ4v) is 6.03. The van der Waals surface area contributed by atoms with Crippen molar-refractivity contribution >= 4 is 41.3 Å². The minimum Gasteiger partial charge on any atom is -0.377 e. The Labute approximate surface area is 190 Å². The molecule has 4 rings (SSSR count). The Kier molecular flexibility index (Phi) is 7.66. The summed E-state index contributed by atoms with van der Waals surface area (Å²) >= 11 is 1.86. The van der Waals surface area contributed by atoms with Gasteiger partial charge in [0.15, 0.2) is 5.96 Å². The molecule has 3 aliphatic rings. The summed E-state index contributed by atoms with van der Waals surface area (Å²) < 4.78 is 5.95. The van der Waals surface area contributed by atoms with Crippen LogP contribution in [0.2, 0.25) is 0 Å². The summed E-state index contributed by atoms with van der Waals surface area (Å²) in [6.07, 6.45) is 4.19. The number of rotatable bonds is 6. The highest BCUT2D eigenvalue weighted by Crippen LogP contribution is 2.52. The molecule has 3 fully saturated rings. The third-order valence-corrected chi connectivity index (χ3v) is 7.59. The van der Waals surface area contributed by atoms with Crippen molar-refractivity contribution in [3.05, 3.63) is 22.4 Å². The molecule has 1 saturated carbocycles. The third kappa shape index (κ3) is 4.37. The van der Waals surface area contributed by atoms with Gasteiger partial charge in [-0.2, -0.15) is 0 Å². The van der Waals surface area contributed by atoms with E-state index in [-0.39, 0.29) is 29.4 Å². The van der Waals surface area contributed by atoms with Gasteiger partial charge in [-0.05, 0) is 50.7 Å². The van der Waals surface area contributed by atoms with Gasteiger partial charge in [0, 0.05) is 35.4 Å². The number of hydrogen-bond acceptors (Lipinski definition) is 4. The van der Waals surface area contributed by atoms with E-state index in [0.717, 1.165) is 32.1 Å². The van der Waals surface area contributed by atoms with Gasteiger partial charge in [-0.1, -0.05) is 19.9 Å². The highest BCUT2D eigenvalue weighted by molar-refractivity contribution is 14.0. The molecule has 5 nitrogen and oxygen atoms in total. The first kappa shape index (κ1) is 22.3. The summed E-state index contributed by atoms with van der Waals surface area (Å²) in [6, 6.07) is 5.27. The maximum absolute atomic E-state index is 5.95. The minimum atomic E-state index is 0. The zero-order valence-corrected chi connectivity index (χ0v) is 20.5. The van der Waals surface area contributed by atoms with Crippen LogP contribution in [-0.4, -0.2) is 55.8 Å².